The van der Waals surface area contributed by atoms with Gasteiger partial charge in [-0.2, -0.15) is 0 Å². The highest BCUT2D eigenvalue weighted by atomic mass is 35.5. The third-order valence-electron chi connectivity index (χ3n) is 3.34. The number of carbonyl (C=O) groups excluding carboxylic acids is 1. The number of carbonyl (C=O) groups is 1. The maximum atomic E-state index is 11.9. The molecule has 0 unspecified atom stereocenters. The van der Waals surface area contributed by atoms with E-state index >= 15 is 0 Å². The minimum Gasteiger partial charge on any atom is -0.497 e. The molecule has 0 aliphatic carbocycles. The van der Waals surface area contributed by atoms with E-state index in [0.29, 0.717) is 41.8 Å². The molecule has 0 saturated heterocycles. The van der Waals surface area contributed by atoms with Crippen molar-refractivity contribution in [1.82, 2.24) is 5.32 Å². The van der Waals surface area contributed by atoms with Gasteiger partial charge in [-0.1, -0.05) is 23.2 Å². The first-order valence-electron chi connectivity index (χ1n) is 7.81. The summed E-state index contributed by atoms with van der Waals surface area (Å²) in [5.41, 5.74) is 0.516. The molecule has 5 nitrogen and oxygen atoms in total. The molecule has 0 fully saturated rings. The summed E-state index contributed by atoms with van der Waals surface area (Å²) in [7, 11) is 1.62. The summed E-state index contributed by atoms with van der Waals surface area (Å²) < 4.78 is 10.7. The van der Waals surface area contributed by atoms with Crippen LogP contribution in [0.4, 0.5) is 5.69 Å². The summed E-state index contributed by atoms with van der Waals surface area (Å²) in [6.45, 7) is 1.68. The van der Waals surface area contributed by atoms with Gasteiger partial charge in [-0.15, -0.1) is 0 Å². The van der Waals surface area contributed by atoms with Crippen LogP contribution in [0.15, 0.2) is 42.5 Å². The fourth-order valence-corrected chi connectivity index (χ4v) is 2.38. The van der Waals surface area contributed by atoms with Crippen LogP contribution in [0.1, 0.15) is 6.42 Å². The van der Waals surface area contributed by atoms with Crippen LogP contribution in [0.25, 0.3) is 0 Å². The molecule has 0 spiro atoms. The van der Waals surface area contributed by atoms with E-state index in [-0.39, 0.29) is 5.91 Å². The van der Waals surface area contributed by atoms with Crippen molar-refractivity contribution in [3.05, 3.63) is 52.5 Å². The number of benzene rings is 2. The quantitative estimate of drug-likeness (QED) is 0.643. The summed E-state index contributed by atoms with van der Waals surface area (Å²) in [6, 6.07) is 12.3. The molecule has 0 atom stereocenters. The van der Waals surface area contributed by atoms with E-state index in [2.05, 4.69) is 10.6 Å². The highest BCUT2D eigenvalue weighted by Crippen LogP contribution is 2.25. The number of ether oxygens (including phenoxy) is 2. The van der Waals surface area contributed by atoms with Crippen molar-refractivity contribution in [2.45, 2.75) is 6.42 Å². The van der Waals surface area contributed by atoms with E-state index in [1.807, 2.05) is 24.3 Å². The Hall–Kier alpha value is -1.95. The Bertz CT molecular complexity index is 693. The first-order valence-corrected chi connectivity index (χ1v) is 8.56. The number of anilines is 1. The van der Waals surface area contributed by atoms with Crippen molar-refractivity contribution in [1.29, 1.82) is 0 Å². The third kappa shape index (κ3) is 6.82. The monoisotopic (exact) mass is 382 g/mol. The molecule has 0 radical (unpaired) electrons. The molecule has 0 aromatic heterocycles. The predicted octanol–water partition coefficient (Wildman–Crippen LogP) is 4.00. The maximum Gasteiger partial charge on any atom is 0.225 e. The lowest BCUT2D eigenvalue weighted by molar-refractivity contribution is -0.116. The fourth-order valence-electron chi connectivity index (χ4n) is 2.05. The van der Waals surface area contributed by atoms with Crippen LogP contribution < -0.4 is 20.1 Å². The van der Waals surface area contributed by atoms with Gasteiger partial charge in [-0.25, -0.2) is 0 Å². The highest BCUT2D eigenvalue weighted by Gasteiger charge is 2.06. The lowest BCUT2D eigenvalue weighted by Crippen LogP contribution is -2.25. The summed E-state index contributed by atoms with van der Waals surface area (Å²) in [4.78, 5) is 11.9. The SMILES string of the molecule is COc1ccc(OCCNCCC(=O)Nc2cc(Cl)ccc2Cl)cc1. The van der Waals surface area contributed by atoms with Crippen LogP contribution in [0.5, 0.6) is 11.5 Å². The molecule has 7 heteroatoms. The Morgan fingerprint density at radius 1 is 1.04 bits per heavy atom. The first kappa shape index (κ1) is 19.4. The second-order valence-corrected chi connectivity index (χ2v) is 6.04. The zero-order valence-corrected chi connectivity index (χ0v) is 15.4. The van der Waals surface area contributed by atoms with E-state index in [1.54, 1.807) is 25.3 Å². The van der Waals surface area contributed by atoms with Crippen molar-refractivity contribution < 1.29 is 14.3 Å². The molecule has 2 rings (SSSR count). The lowest BCUT2D eigenvalue weighted by Gasteiger charge is -2.09. The second kappa shape index (κ2) is 10.1. The Morgan fingerprint density at radius 3 is 2.48 bits per heavy atom. The van der Waals surface area contributed by atoms with Crippen LogP contribution in [0.3, 0.4) is 0 Å². The minimum absolute atomic E-state index is 0.132. The summed E-state index contributed by atoms with van der Waals surface area (Å²) in [6.07, 6.45) is 0.325. The molecule has 0 aliphatic rings. The molecule has 0 bridgehead atoms. The molecule has 0 heterocycles. The van der Waals surface area contributed by atoms with Gasteiger partial charge in [-0.05, 0) is 42.5 Å². The standard InChI is InChI=1S/C18H20Cl2N2O3/c1-24-14-3-5-15(6-4-14)25-11-10-21-9-8-18(23)22-17-12-13(19)2-7-16(17)20/h2-7,12,21H,8-11H2,1H3,(H,22,23). The van der Waals surface area contributed by atoms with Crippen molar-refractivity contribution in [3.8, 4) is 11.5 Å². The molecule has 134 valence electrons. The number of rotatable bonds is 9. The highest BCUT2D eigenvalue weighted by molar-refractivity contribution is 6.35. The first-order chi connectivity index (χ1) is 12.1. The smallest absolute Gasteiger partial charge is 0.225 e. The number of hydrogen-bond donors (Lipinski definition) is 2. The minimum atomic E-state index is -0.132. The van der Waals surface area contributed by atoms with E-state index in [1.165, 1.54) is 0 Å². The van der Waals surface area contributed by atoms with E-state index in [9.17, 15) is 4.79 Å². The van der Waals surface area contributed by atoms with Crippen molar-refractivity contribution in [2.75, 3.05) is 32.1 Å². The van der Waals surface area contributed by atoms with Gasteiger partial charge in [0.05, 0.1) is 17.8 Å². The molecule has 25 heavy (non-hydrogen) atoms. The van der Waals surface area contributed by atoms with E-state index < -0.39 is 0 Å². The van der Waals surface area contributed by atoms with E-state index in [4.69, 9.17) is 32.7 Å². The van der Waals surface area contributed by atoms with Crippen LogP contribution in [-0.2, 0) is 4.79 Å². The largest absolute Gasteiger partial charge is 0.497 e. The topological polar surface area (TPSA) is 59.6 Å². The molecule has 2 N–H and O–H groups in total. The predicted molar refractivity (Wildman–Crippen MR) is 101 cm³/mol. The van der Waals surface area contributed by atoms with Gasteiger partial charge < -0.3 is 20.1 Å². The van der Waals surface area contributed by atoms with E-state index in [0.717, 1.165) is 11.5 Å². The Kier molecular flexibility index (Phi) is 7.85. The summed E-state index contributed by atoms with van der Waals surface area (Å²) in [5, 5.41) is 6.87. The molecular weight excluding hydrogens is 363 g/mol. The zero-order valence-electron chi connectivity index (χ0n) is 13.9. The van der Waals surface area contributed by atoms with Crippen LogP contribution >= 0.6 is 23.2 Å². The van der Waals surface area contributed by atoms with Gasteiger partial charge in [0.15, 0.2) is 0 Å². The van der Waals surface area contributed by atoms with Gasteiger partial charge in [0.1, 0.15) is 18.1 Å². The number of hydrogen-bond acceptors (Lipinski definition) is 4. The average molecular weight is 383 g/mol. The fraction of sp³-hybridized carbons (Fsp3) is 0.278. The van der Waals surface area contributed by atoms with Crippen molar-refractivity contribution >= 4 is 34.8 Å². The van der Waals surface area contributed by atoms with Gasteiger partial charge >= 0.3 is 0 Å². The second-order valence-electron chi connectivity index (χ2n) is 5.20. The third-order valence-corrected chi connectivity index (χ3v) is 3.90. The normalized spacial score (nSPS) is 10.4. The molecule has 2 aromatic carbocycles. The summed E-state index contributed by atoms with van der Waals surface area (Å²) >= 11 is 11.9. The van der Waals surface area contributed by atoms with Crippen molar-refractivity contribution in [2.24, 2.45) is 0 Å². The molecule has 1 amide bonds. The van der Waals surface area contributed by atoms with Crippen LogP contribution in [0.2, 0.25) is 10.0 Å². The Morgan fingerprint density at radius 2 is 1.76 bits per heavy atom. The van der Waals surface area contributed by atoms with Crippen molar-refractivity contribution in [3.63, 3.8) is 0 Å². The molecule has 2 aromatic rings. The Balaban J connectivity index is 1.60. The van der Waals surface area contributed by atoms with Crippen LogP contribution in [0, 0.1) is 0 Å². The van der Waals surface area contributed by atoms with Crippen LogP contribution in [-0.4, -0.2) is 32.7 Å². The van der Waals surface area contributed by atoms with Gasteiger partial charge in [0, 0.05) is 24.5 Å². The number of nitrogens with one attached hydrogen (secondary N) is 2. The lowest BCUT2D eigenvalue weighted by atomic mass is 10.3. The molecule has 0 saturated carbocycles. The van der Waals surface area contributed by atoms with Gasteiger partial charge in [-0.3, -0.25) is 4.79 Å². The number of halogens is 2. The number of amides is 1. The summed E-state index contributed by atoms with van der Waals surface area (Å²) in [5.74, 6) is 1.43. The molecule has 0 aliphatic heterocycles. The average Bonchev–Trinajstić information content (AvgIpc) is 2.61. The Labute approximate surface area is 157 Å². The zero-order chi connectivity index (χ0) is 18.1. The van der Waals surface area contributed by atoms with Gasteiger partial charge in [0.2, 0.25) is 5.91 Å². The maximum absolute atomic E-state index is 11.9. The van der Waals surface area contributed by atoms with Gasteiger partial charge in [0.25, 0.3) is 0 Å². The number of methoxy groups -OCH3 is 1. The molecular formula is C18H20Cl2N2O3.